The average molecular weight is 397 g/mol. The molecule has 1 fully saturated rings. The number of carbonyl (C=O) groups is 4. The van der Waals surface area contributed by atoms with Crippen LogP contribution in [0.4, 0.5) is 10.7 Å². The lowest BCUT2D eigenvalue weighted by molar-refractivity contribution is -0.136. The molecule has 4 rings (SSSR count). The molecule has 10 heteroatoms. The maximum Gasteiger partial charge on any atom is 0.321 e. The van der Waals surface area contributed by atoms with Gasteiger partial charge in [-0.15, -0.1) is 0 Å². The number of fused-ring (bicyclic) bond motifs is 1. The van der Waals surface area contributed by atoms with Gasteiger partial charge in [0.05, 0.1) is 5.69 Å². The molecule has 150 valence electrons. The van der Waals surface area contributed by atoms with E-state index in [1.54, 1.807) is 19.1 Å². The predicted molar refractivity (Wildman–Crippen MR) is 99.6 cm³/mol. The Morgan fingerprint density at radius 1 is 1.31 bits per heavy atom. The lowest BCUT2D eigenvalue weighted by atomic mass is 10.0. The Labute approximate surface area is 165 Å². The second-order valence-electron chi connectivity index (χ2n) is 7.03. The van der Waals surface area contributed by atoms with Gasteiger partial charge in [-0.25, -0.2) is 4.79 Å². The zero-order chi connectivity index (χ0) is 20.5. The topological polar surface area (TPSA) is 134 Å². The fourth-order valence-corrected chi connectivity index (χ4v) is 3.47. The smallest absolute Gasteiger partial charge is 0.321 e. The van der Waals surface area contributed by atoms with Crippen LogP contribution in [0.1, 0.15) is 40.0 Å². The molecule has 2 aliphatic heterocycles. The summed E-state index contributed by atoms with van der Waals surface area (Å²) < 4.78 is 4.92. The van der Waals surface area contributed by atoms with Crippen molar-refractivity contribution in [2.75, 3.05) is 5.32 Å². The molecular weight excluding hydrogens is 378 g/mol. The van der Waals surface area contributed by atoms with Crippen molar-refractivity contribution >= 4 is 29.6 Å². The first-order valence-corrected chi connectivity index (χ1v) is 9.15. The van der Waals surface area contributed by atoms with Crippen LogP contribution in [-0.4, -0.2) is 39.9 Å². The predicted octanol–water partition coefficient (Wildman–Crippen LogP) is 1.07. The van der Waals surface area contributed by atoms with Gasteiger partial charge in [-0.3, -0.25) is 25.0 Å². The number of piperidine rings is 1. The van der Waals surface area contributed by atoms with E-state index < -0.39 is 18.0 Å². The van der Waals surface area contributed by atoms with Gasteiger partial charge in [0, 0.05) is 31.1 Å². The SMILES string of the molecule is Cc1cc(NC(=O)NCc2ccc3c(c2)C(=O)N(C2CCC(=O)NC2=O)C3)on1. The van der Waals surface area contributed by atoms with Crippen LogP contribution in [-0.2, 0) is 22.7 Å². The molecule has 1 atom stereocenters. The van der Waals surface area contributed by atoms with E-state index >= 15 is 0 Å². The number of hydrogen-bond acceptors (Lipinski definition) is 6. The van der Waals surface area contributed by atoms with Crippen molar-refractivity contribution < 1.29 is 23.7 Å². The molecule has 2 aromatic rings. The van der Waals surface area contributed by atoms with Crippen molar-refractivity contribution in [1.29, 1.82) is 0 Å². The van der Waals surface area contributed by atoms with E-state index in [1.807, 2.05) is 12.1 Å². The standard InChI is InChI=1S/C19H19N5O5/c1-10-6-16(29-23-10)22-19(28)20-8-11-2-3-12-9-24(18(27)13(12)7-11)14-4-5-15(25)21-17(14)26/h2-3,6-7,14H,4-5,8-9H2,1H3,(H2,20,22,28)(H,21,25,26). The Bertz CT molecular complexity index is 1010. The van der Waals surface area contributed by atoms with Gasteiger partial charge in [0.15, 0.2) is 0 Å². The van der Waals surface area contributed by atoms with Crippen LogP contribution in [0.25, 0.3) is 0 Å². The number of nitrogens with zero attached hydrogens (tertiary/aromatic N) is 2. The number of amides is 5. The van der Waals surface area contributed by atoms with Crippen LogP contribution >= 0.6 is 0 Å². The maximum absolute atomic E-state index is 12.8. The molecule has 1 aromatic heterocycles. The second kappa shape index (κ2) is 7.38. The third-order valence-corrected chi connectivity index (χ3v) is 4.91. The van der Waals surface area contributed by atoms with Crippen molar-refractivity contribution in [1.82, 2.24) is 20.7 Å². The fourth-order valence-electron chi connectivity index (χ4n) is 3.47. The summed E-state index contributed by atoms with van der Waals surface area (Å²) in [6.07, 6.45) is 0.533. The molecule has 3 heterocycles. The van der Waals surface area contributed by atoms with E-state index in [-0.39, 0.29) is 30.7 Å². The molecule has 3 N–H and O–H groups in total. The van der Waals surface area contributed by atoms with Crippen molar-refractivity contribution in [3.05, 3.63) is 46.6 Å². The number of carbonyl (C=O) groups excluding carboxylic acids is 4. The Morgan fingerprint density at radius 2 is 2.14 bits per heavy atom. The number of imide groups is 1. The molecule has 10 nitrogen and oxygen atoms in total. The molecular formula is C19H19N5O5. The number of aryl methyl sites for hydroxylation is 1. The number of rotatable bonds is 4. The molecule has 0 aliphatic carbocycles. The lowest BCUT2D eigenvalue weighted by Crippen LogP contribution is -2.52. The highest BCUT2D eigenvalue weighted by atomic mass is 16.5. The zero-order valence-electron chi connectivity index (χ0n) is 15.7. The number of urea groups is 1. The van der Waals surface area contributed by atoms with Gasteiger partial charge >= 0.3 is 6.03 Å². The first-order chi connectivity index (χ1) is 13.9. The first kappa shape index (κ1) is 18.7. The van der Waals surface area contributed by atoms with E-state index in [0.717, 1.165) is 11.1 Å². The lowest BCUT2D eigenvalue weighted by Gasteiger charge is -2.29. The van der Waals surface area contributed by atoms with Crippen molar-refractivity contribution in [3.8, 4) is 0 Å². The summed E-state index contributed by atoms with van der Waals surface area (Å²) in [4.78, 5) is 49.7. The summed E-state index contributed by atoms with van der Waals surface area (Å²) in [5.74, 6) is -0.770. The van der Waals surface area contributed by atoms with Gasteiger partial charge in [0.25, 0.3) is 5.91 Å². The summed E-state index contributed by atoms with van der Waals surface area (Å²) >= 11 is 0. The average Bonchev–Trinajstić information content (AvgIpc) is 3.23. The molecule has 1 unspecified atom stereocenters. The first-order valence-electron chi connectivity index (χ1n) is 9.15. The summed E-state index contributed by atoms with van der Waals surface area (Å²) in [7, 11) is 0. The Kier molecular flexibility index (Phi) is 4.75. The number of benzene rings is 1. The third-order valence-electron chi connectivity index (χ3n) is 4.91. The van der Waals surface area contributed by atoms with Gasteiger partial charge in [-0.2, -0.15) is 0 Å². The van der Waals surface area contributed by atoms with Gasteiger partial charge in [-0.1, -0.05) is 17.3 Å². The molecule has 2 aliphatic rings. The molecule has 0 spiro atoms. The highest BCUT2D eigenvalue weighted by molar-refractivity contribution is 6.05. The van der Waals surface area contributed by atoms with Crippen LogP contribution in [0.15, 0.2) is 28.8 Å². The number of hydrogen-bond donors (Lipinski definition) is 3. The van der Waals surface area contributed by atoms with E-state index in [9.17, 15) is 19.2 Å². The molecule has 0 radical (unpaired) electrons. The third kappa shape index (κ3) is 3.82. The normalized spacial score (nSPS) is 18.4. The highest BCUT2D eigenvalue weighted by Crippen LogP contribution is 2.28. The minimum Gasteiger partial charge on any atom is -0.338 e. The van der Waals surface area contributed by atoms with Crippen molar-refractivity contribution in [2.45, 2.75) is 38.9 Å². The monoisotopic (exact) mass is 397 g/mol. The quantitative estimate of drug-likeness (QED) is 0.661. The maximum atomic E-state index is 12.8. The zero-order valence-corrected chi connectivity index (χ0v) is 15.7. The summed E-state index contributed by atoms with van der Waals surface area (Å²) in [5.41, 5.74) is 2.70. The Hall–Kier alpha value is -3.69. The van der Waals surface area contributed by atoms with E-state index in [0.29, 0.717) is 24.2 Å². The minimum absolute atomic E-state index is 0.206. The van der Waals surface area contributed by atoms with Crippen LogP contribution in [0.5, 0.6) is 0 Å². The number of anilines is 1. The van der Waals surface area contributed by atoms with E-state index in [1.165, 1.54) is 4.90 Å². The van der Waals surface area contributed by atoms with Crippen molar-refractivity contribution in [3.63, 3.8) is 0 Å². The Morgan fingerprint density at radius 3 is 2.86 bits per heavy atom. The van der Waals surface area contributed by atoms with Crippen molar-refractivity contribution in [2.24, 2.45) is 0 Å². The van der Waals surface area contributed by atoms with Crippen LogP contribution in [0, 0.1) is 6.92 Å². The van der Waals surface area contributed by atoms with E-state index in [2.05, 4.69) is 21.1 Å². The van der Waals surface area contributed by atoms with Gasteiger partial charge < -0.3 is 14.7 Å². The highest BCUT2D eigenvalue weighted by Gasteiger charge is 2.39. The Balaban J connectivity index is 1.39. The molecule has 1 aromatic carbocycles. The fraction of sp³-hybridized carbons (Fsp3) is 0.316. The number of aromatic nitrogens is 1. The molecule has 29 heavy (non-hydrogen) atoms. The summed E-state index contributed by atoms with van der Waals surface area (Å²) in [5, 5.41) is 11.2. The number of nitrogens with one attached hydrogen (secondary N) is 3. The van der Waals surface area contributed by atoms with Crippen LogP contribution in [0.3, 0.4) is 0 Å². The molecule has 1 saturated heterocycles. The van der Waals surface area contributed by atoms with Crippen LogP contribution < -0.4 is 16.0 Å². The minimum atomic E-state index is -0.648. The second-order valence-corrected chi connectivity index (χ2v) is 7.03. The molecule has 0 bridgehead atoms. The summed E-state index contributed by atoms with van der Waals surface area (Å²) in [6.45, 7) is 2.27. The molecule has 5 amide bonds. The van der Waals surface area contributed by atoms with Gasteiger partial charge in [0.1, 0.15) is 6.04 Å². The van der Waals surface area contributed by atoms with Gasteiger partial charge in [0.2, 0.25) is 17.7 Å². The van der Waals surface area contributed by atoms with Crippen LogP contribution in [0.2, 0.25) is 0 Å². The largest absolute Gasteiger partial charge is 0.338 e. The van der Waals surface area contributed by atoms with E-state index in [4.69, 9.17) is 4.52 Å². The summed E-state index contributed by atoms with van der Waals surface area (Å²) in [6, 6.07) is 5.83. The van der Waals surface area contributed by atoms with Gasteiger partial charge in [-0.05, 0) is 30.5 Å². The molecule has 0 saturated carbocycles.